The van der Waals surface area contributed by atoms with E-state index in [2.05, 4.69) is 20.6 Å². The van der Waals surface area contributed by atoms with Gasteiger partial charge in [0.15, 0.2) is 0 Å². The molecule has 0 bridgehead atoms. The molecule has 8 heteroatoms. The van der Waals surface area contributed by atoms with Crippen molar-refractivity contribution in [1.29, 1.82) is 0 Å². The van der Waals surface area contributed by atoms with Crippen molar-refractivity contribution in [3.05, 3.63) is 11.4 Å². The molecule has 0 aromatic carbocycles. The first-order chi connectivity index (χ1) is 10.1. The lowest BCUT2D eigenvalue weighted by Gasteiger charge is -2.33. The van der Waals surface area contributed by atoms with Crippen molar-refractivity contribution in [2.75, 3.05) is 23.3 Å². The molecular weight excluding hydrogens is 290 g/mol. The second kappa shape index (κ2) is 5.28. The number of hydrogen-bond acceptors (Lipinski definition) is 7. The minimum atomic E-state index is -0.449. The second-order valence-corrected chi connectivity index (χ2v) is 5.65. The van der Waals surface area contributed by atoms with Gasteiger partial charge in [0, 0.05) is 6.54 Å². The van der Waals surface area contributed by atoms with E-state index in [9.17, 15) is 9.59 Å². The Morgan fingerprint density at radius 3 is 3.05 bits per heavy atom. The van der Waals surface area contributed by atoms with Crippen molar-refractivity contribution < 1.29 is 9.59 Å². The summed E-state index contributed by atoms with van der Waals surface area (Å²) in [6.45, 7) is 4.53. The smallest absolute Gasteiger partial charge is 0.249 e. The van der Waals surface area contributed by atoms with Crippen molar-refractivity contribution in [1.82, 2.24) is 15.3 Å². The maximum Gasteiger partial charge on any atom is 0.249 e. The summed E-state index contributed by atoms with van der Waals surface area (Å²) in [4.78, 5) is 35.0. The lowest BCUT2D eigenvalue weighted by atomic mass is 10.2. The largest absolute Gasteiger partial charge is 0.354 e. The van der Waals surface area contributed by atoms with Gasteiger partial charge in [0.25, 0.3) is 0 Å². The molecular formula is C13H15N5O2S. The number of rotatable bonds is 3. The zero-order valence-electron chi connectivity index (χ0n) is 11.7. The molecule has 0 spiro atoms. The fourth-order valence-electron chi connectivity index (χ4n) is 2.27. The number of aromatic nitrogens is 2. The average Bonchev–Trinajstić information content (AvgIpc) is 2.90. The van der Waals surface area contributed by atoms with Gasteiger partial charge < -0.3 is 10.2 Å². The number of piperazine rings is 1. The molecule has 1 atom stereocenters. The van der Waals surface area contributed by atoms with Crippen molar-refractivity contribution in [3.63, 3.8) is 0 Å². The Bertz CT molecular complexity index is 714. The fourth-order valence-corrected chi connectivity index (χ4v) is 3.03. The molecule has 0 saturated carbocycles. The highest BCUT2D eigenvalue weighted by molar-refractivity contribution is 7.16. The number of anilines is 2. The number of carbonyl (C=O) groups excluding carboxylic acids is 2. The molecule has 7 nitrogen and oxygen atoms in total. The molecule has 3 rings (SSSR count). The molecule has 2 N–H and O–H groups in total. The SMILES string of the molecule is CCNc1nc(N2CC(=O)NC(=O)C2C)c2ccsc2n1. The highest BCUT2D eigenvalue weighted by Crippen LogP contribution is 2.30. The Hall–Kier alpha value is -2.22. The van der Waals surface area contributed by atoms with Crippen molar-refractivity contribution >= 4 is 45.1 Å². The highest BCUT2D eigenvalue weighted by Gasteiger charge is 2.32. The molecule has 2 aromatic heterocycles. The maximum absolute atomic E-state index is 11.8. The van der Waals surface area contributed by atoms with E-state index in [1.807, 2.05) is 18.4 Å². The molecule has 21 heavy (non-hydrogen) atoms. The third-order valence-electron chi connectivity index (χ3n) is 3.34. The number of hydrogen-bond donors (Lipinski definition) is 2. The van der Waals surface area contributed by atoms with Crippen LogP contribution in [0.15, 0.2) is 11.4 Å². The summed E-state index contributed by atoms with van der Waals surface area (Å²) in [5.74, 6) is 0.504. The third kappa shape index (κ3) is 2.42. The quantitative estimate of drug-likeness (QED) is 0.822. The van der Waals surface area contributed by atoms with Crippen LogP contribution in [-0.4, -0.2) is 40.9 Å². The second-order valence-electron chi connectivity index (χ2n) is 4.76. The van der Waals surface area contributed by atoms with Crippen molar-refractivity contribution in [2.24, 2.45) is 0 Å². The predicted octanol–water partition coefficient (Wildman–Crippen LogP) is 0.974. The number of carbonyl (C=O) groups is 2. The lowest BCUT2D eigenvalue weighted by molar-refractivity contribution is -0.132. The summed E-state index contributed by atoms with van der Waals surface area (Å²) in [6, 6.07) is 1.46. The van der Waals surface area contributed by atoms with Gasteiger partial charge in [0.1, 0.15) is 16.7 Å². The van der Waals surface area contributed by atoms with E-state index in [0.717, 1.165) is 10.2 Å². The van der Waals surface area contributed by atoms with Crippen LogP contribution in [0.5, 0.6) is 0 Å². The van der Waals surface area contributed by atoms with Gasteiger partial charge in [-0.25, -0.2) is 4.98 Å². The van der Waals surface area contributed by atoms with Crippen LogP contribution in [0.2, 0.25) is 0 Å². The Labute approximate surface area is 125 Å². The number of thiophene rings is 1. The number of nitrogens with zero attached hydrogens (tertiary/aromatic N) is 3. The summed E-state index contributed by atoms with van der Waals surface area (Å²) in [5, 5.41) is 8.20. The van der Waals surface area contributed by atoms with Gasteiger partial charge in [-0.05, 0) is 25.3 Å². The molecule has 0 aliphatic carbocycles. The molecule has 3 heterocycles. The molecule has 1 fully saturated rings. The molecule has 2 aromatic rings. The Kier molecular flexibility index (Phi) is 3.46. The average molecular weight is 305 g/mol. The fraction of sp³-hybridized carbons (Fsp3) is 0.385. The van der Waals surface area contributed by atoms with Gasteiger partial charge >= 0.3 is 0 Å². The van der Waals surface area contributed by atoms with Gasteiger partial charge in [-0.1, -0.05) is 0 Å². The van der Waals surface area contributed by atoms with E-state index in [1.54, 1.807) is 11.8 Å². The molecule has 0 radical (unpaired) electrons. The number of amides is 2. The van der Waals surface area contributed by atoms with E-state index >= 15 is 0 Å². The molecule has 2 amide bonds. The molecule has 1 unspecified atom stereocenters. The van der Waals surface area contributed by atoms with Crippen LogP contribution in [0.25, 0.3) is 10.2 Å². The van der Waals surface area contributed by atoms with Crippen LogP contribution in [0.1, 0.15) is 13.8 Å². The van der Waals surface area contributed by atoms with E-state index < -0.39 is 6.04 Å². The zero-order valence-corrected chi connectivity index (χ0v) is 12.5. The van der Waals surface area contributed by atoms with Gasteiger partial charge in [-0.15, -0.1) is 11.3 Å². The molecule has 1 aliphatic rings. The maximum atomic E-state index is 11.8. The monoisotopic (exact) mass is 305 g/mol. The summed E-state index contributed by atoms with van der Waals surface area (Å²) < 4.78 is 0. The van der Waals surface area contributed by atoms with Crippen LogP contribution in [0, 0.1) is 0 Å². The summed E-state index contributed by atoms with van der Waals surface area (Å²) >= 11 is 1.51. The summed E-state index contributed by atoms with van der Waals surface area (Å²) in [6.07, 6.45) is 0. The number of imide groups is 1. The van der Waals surface area contributed by atoms with E-state index in [4.69, 9.17) is 0 Å². The molecule has 110 valence electrons. The topological polar surface area (TPSA) is 87.2 Å². The van der Waals surface area contributed by atoms with E-state index in [-0.39, 0.29) is 18.4 Å². The minimum Gasteiger partial charge on any atom is -0.354 e. The first kappa shape index (κ1) is 13.7. The number of fused-ring (bicyclic) bond motifs is 1. The Balaban J connectivity index is 2.11. The normalized spacial score (nSPS) is 19.0. The van der Waals surface area contributed by atoms with Crippen molar-refractivity contribution in [2.45, 2.75) is 19.9 Å². The molecule has 1 saturated heterocycles. The van der Waals surface area contributed by atoms with Crippen LogP contribution < -0.4 is 15.5 Å². The number of nitrogens with one attached hydrogen (secondary N) is 2. The van der Waals surface area contributed by atoms with Crippen LogP contribution in [0.3, 0.4) is 0 Å². The summed E-state index contributed by atoms with van der Waals surface area (Å²) in [5.41, 5.74) is 0. The Morgan fingerprint density at radius 1 is 1.48 bits per heavy atom. The van der Waals surface area contributed by atoms with E-state index in [0.29, 0.717) is 18.3 Å². The van der Waals surface area contributed by atoms with Gasteiger partial charge in [-0.2, -0.15) is 4.98 Å². The van der Waals surface area contributed by atoms with Crippen LogP contribution in [0.4, 0.5) is 11.8 Å². The third-order valence-corrected chi connectivity index (χ3v) is 4.14. The first-order valence-corrected chi connectivity index (χ1v) is 7.57. The first-order valence-electron chi connectivity index (χ1n) is 6.69. The van der Waals surface area contributed by atoms with Gasteiger partial charge in [0.2, 0.25) is 17.8 Å². The standard InChI is InChI=1S/C13H15N5O2S/c1-3-14-13-16-10(8-4-5-21-12(8)17-13)18-6-9(19)15-11(20)7(18)2/h4-5,7H,3,6H2,1-2H3,(H,14,16,17)(H,15,19,20). The zero-order chi connectivity index (χ0) is 15.0. The highest BCUT2D eigenvalue weighted by atomic mass is 32.1. The summed E-state index contributed by atoms with van der Waals surface area (Å²) in [7, 11) is 0. The van der Waals surface area contributed by atoms with Crippen LogP contribution >= 0.6 is 11.3 Å². The Morgan fingerprint density at radius 2 is 2.29 bits per heavy atom. The van der Waals surface area contributed by atoms with Crippen LogP contribution in [-0.2, 0) is 9.59 Å². The van der Waals surface area contributed by atoms with Crippen molar-refractivity contribution in [3.8, 4) is 0 Å². The predicted molar refractivity (Wildman–Crippen MR) is 81.5 cm³/mol. The lowest BCUT2D eigenvalue weighted by Crippen LogP contribution is -2.57. The van der Waals surface area contributed by atoms with E-state index in [1.165, 1.54) is 11.3 Å². The minimum absolute atomic E-state index is 0.112. The van der Waals surface area contributed by atoms with Gasteiger partial charge in [0.05, 0.1) is 11.9 Å². The van der Waals surface area contributed by atoms with Gasteiger partial charge in [-0.3, -0.25) is 14.9 Å². The molecule has 1 aliphatic heterocycles.